The minimum Gasteiger partial charge on any atom is -0.479 e. The number of carbonyl (C=O) groups excluding carboxylic acids is 1. The second-order valence-corrected chi connectivity index (χ2v) is 8.87. The highest BCUT2D eigenvalue weighted by Crippen LogP contribution is 2.30. The minimum absolute atomic E-state index is 0.165. The van der Waals surface area contributed by atoms with Crippen LogP contribution in [0.15, 0.2) is 42.5 Å². The molecule has 8 heteroatoms. The van der Waals surface area contributed by atoms with Crippen LogP contribution in [0, 0.1) is 0 Å². The van der Waals surface area contributed by atoms with Crippen LogP contribution in [0.2, 0.25) is 5.02 Å². The van der Waals surface area contributed by atoms with Crippen LogP contribution in [-0.4, -0.2) is 38.7 Å². The number of halogens is 1. The molecule has 0 aliphatic carbocycles. The van der Waals surface area contributed by atoms with E-state index in [1.54, 1.807) is 19.2 Å². The summed E-state index contributed by atoms with van der Waals surface area (Å²) in [7, 11) is 1.55. The molecule has 0 radical (unpaired) electrons. The van der Waals surface area contributed by atoms with Crippen molar-refractivity contribution < 1.29 is 14.6 Å². The number of carbonyl (C=O) groups is 1. The number of rotatable bonds is 9. The van der Waals surface area contributed by atoms with Crippen molar-refractivity contribution in [1.29, 1.82) is 0 Å². The topological polar surface area (TPSA) is 97.2 Å². The van der Waals surface area contributed by atoms with E-state index in [2.05, 4.69) is 34.1 Å². The maximum atomic E-state index is 12.7. The van der Waals surface area contributed by atoms with Crippen LogP contribution in [0.4, 0.5) is 0 Å². The number of aromatic nitrogens is 3. The first-order valence-corrected chi connectivity index (χ1v) is 11.8. The molecule has 0 aliphatic rings. The van der Waals surface area contributed by atoms with E-state index >= 15 is 0 Å². The number of aromatic hydroxyl groups is 1. The van der Waals surface area contributed by atoms with Crippen molar-refractivity contribution in [3.8, 4) is 28.8 Å². The lowest BCUT2D eigenvalue weighted by Crippen LogP contribution is -2.47. The number of amides is 1. The summed E-state index contributed by atoms with van der Waals surface area (Å²) in [6, 6.07) is 12.8. The lowest BCUT2D eigenvalue weighted by Gasteiger charge is -2.28. The van der Waals surface area contributed by atoms with E-state index in [0.717, 1.165) is 16.7 Å². The van der Waals surface area contributed by atoms with E-state index in [4.69, 9.17) is 16.3 Å². The first-order chi connectivity index (χ1) is 16.2. The Morgan fingerprint density at radius 2 is 1.79 bits per heavy atom. The SMILES string of the molecule is CCC(CC)(OC)C(=O)NCc1ccc(Cl)c(-c2nc(O)nc(-c3cccc(C(C)C)c3)n2)c1. The summed E-state index contributed by atoms with van der Waals surface area (Å²) in [5.74, 6) is 0.787. The number of ether oxygens (including phenoxy) is 1. The molecule has 0 bridgehead atoms. The zero-order chi connectivity index (χ0) is 24.9. The molecule has 3 rings (SSSR count). The summed E-state index contributed by atoms with van der Waals surface area (Å²) in [4.78, 5) is 25.5. The number of methoxy groups -OCH3 is 1. The Morgan fingerprint density at radius 1 is 1.09 bits per heavy atom. The summed E-state index contributed by atoms with van der Waals surface area (Å²) in [6.45, 7) is 8.35. The molecule has 1 aromatic heterocycles. The lowest BCUT2D eigenvalue weighted by atomic mass is 9.96. The van der Waals surface area contributed by atoms with E-state index < -0.39 is 5.60 Å². The average molecular weight is 483 g/mol. The Morgan fingerprint density at radius 3 is 2.44 bits per heavy atom. The van der Waals surface area contributed by atoms with Crippen LogP contribution in [0.1, 0.15) is 57.6 Å². The fourth-order valence-corrected chi connectivity index (χ4v) is 4.00. The van der Waals surface area contributed by atoms with Gasteiger partial charge < -0.3 is 15.2 Å². The van der Waals surface area contributed by atoms with Gasteiger partial charge in [0.2, 0.25) is 0 Å². The van der Waals surface area contributed by atoms with Crippen LogP contribution in [0.5, 0.6) is 6.01 Å². The molecule has 0 unspecified atom stereocenters. The Kier molecular flexibility index (Phi) is 8.23. The van der Waals surface area contributed by atoms with Gasteiger partial charge in [0.1, 0.15) is 5.60 Å². The zero-order valence-corrected chi connectivity index (χ0v) is 21.0. The van der Waals surface area contributed by atoms with Gasteiger partial charge in [-0.15, -0.1) is 0 Å². The van der Waals surface area contributed by atoms with Crippen LogP contribution >= 0.6 is 11.6 Å². The molecule has 0 aliphatic heterocycles. The number of hydrogen-bond acceptors (Lipinski definition) is 6. The molecule has 0 saturated carbocycles. The number of benzene rings is 2. The van der Waals surface area contributed by atoms with Gasteiger partial charge in [0.05, 0.1) is 5.02 Å². The third-order valence-electron chi connectivity index (χ3n) is 6.11. The van der Waals surface area contributed by atoms with Gasteiger partial charge in [-0.3, -0.25) is 4.79 Å². The number of hydrogen-bond donors (Lipinski definition) is 2. The Balaban J connectivity index is 1.92. The van der Waals surface area contributed by atoms with Gasteiger partial charge in [0, 0.05) is 24.8 Å². The van der Waals surface area contributed by atoms with Gasteiger partial charge in [-0.2, -0.15) is 9.97 Å². The van der Waals surface area contributed by atoms with Gasteiger partial charge in [-0.25, -0.2) is 4.98 Å². The summed E-state index contributed by atoms with van der Waals surface area (Å²) in [5.41, 5.74) is 2.42. The molecule has 0 atom stereocenters. The third kappa shape index (κ3) is 5.54. The van der Waals surface area contributed by atoms with E-state index in [1.165, 1.54) is 0 Å². The molecular weight excluding hydrogens is 452 g/mol. The molecule has 7 nitrogen and oxygen atoms in total. The zero-order valence-electron chi connectivity index (χ0n) is 20.2. The molecule has 0 spiro atoms. The van der Waals surface area contributed by atoms with Crippen molar-refractivity contribution in [2.45, 2.75) is 58.6 Å². The van der Waals surface area contributed by atoms with E-state index in [0.29, 0.717) is 35.2 Å². The predicted molar refractivity (Wildman–Crippen MR) is 134 cm³/mol. The van der Waals surface area contributed by atoms with Crippen LogP contribution in [0.25, 0.3) is 22.8 Å². The fourth-order valence-electron chi connectivity index (χ4n) is 3.80. The highest BCUT2D eigenvalue weighted by molar-refractivity contribution is 6.33. The van der Waals surface area contributed by atoms with Gasteiger partial charge in [-0.05, 0) is 48.1 Å². The Hall–Kier alpha value is -3.03. The molecule has 2 N–H and O–H groups in total. The lowest BCUT2D eigenvalue weighted by molar-refractivity contribution is -0.144. The average Bonchev–Trinajstić information content (AvgIpc) is 2.84. The third-order valence-corrected chi connectivity index (χ3v) is 6.44. The summed E-state index contributed by atoms with van der Waals surface area (Å²) >= 11 is 6.46. The largest absolute Gasteiger partial charge is 0.479 e. The van der Waals surface area contributed by atoms with E-state index in [9.17, 15) is 9.90 Å². The summed E-state index contributed by atoms with van der Waals surface area (Å²) in [6.07, 6.45) is 1.14. The highest BCUT2D eigenvalue weighted by Gasteiger charge is 2.34. The van der Waals surface area contributed by atoms with Crippen molar-refractivity contribution >= 4 is 17.5 Å². The maximum Gasteiger partial charge on any atom is 0.318 e. The Labute approximate surface area is 205 Å². The molecule has 1 amide bonds. The van der Waals surface area contributed by atoms with Crippen molar-refractivity contribution in [2.75, 3.05) is 7.11 Å². The van der Waals surface area contributed by atoms with E-state index in [-0.39, 0.29) is 24.3 Å². The molecule has 2 aromatic carbocycles. The van der Waals surface area contributed by atoms with Crippen molar-refractivity contribution in [3.63, 3.8) is 0 Å². The maximum absolute atomic E-state index is 12.7. The molecule has 0 fully saturated rings. The van der Waals surface area contributed by atoms with Crippen molar-refractivity contribution in [1.82, 2.24) is 20.3 Å². The summed E-state index contributed by atoms with van der Waals surface area (Å²) in [5, 5.41) is 13.6. The number of nitrogens with one attached hydrogen (secondary N) is 1. The second kappa shape index (κ2) is 10.9. The molecule has 34 heavy (non-hydrogen) atoms. The van der Waals surface area contributed by atoms with Gasteiger partial charge >= 0.3 is 6.01 Å². The van der Waals surface area contributed by atoms with Crippen LogP contribution in [-0.2, 0) is 16.1 Å². The smallest absolute Gasteiger partial charge is 0.318 e. The van der Waals surface area contributed by atoms with Gasteiger partial charge in [0.15, 0.2) is 11.6 Å². The van der Waals surface area contributed by atoms with E-state index in [1.807, 2.05) is 44.2 Å². The molecule has 0 saturated heterocycles. The van der Waals surface area contributed by atoms with Crippen LogP contribution < -0.4 is 5.32 Å². The second-order valence-electron chi connectivity index (χ2n) is 8.47. The number of nitrogens with zero attached hydrogens (tertiary/aromatic N) is 3. The Bertz CT molecular complexity index is 1150. The summed E-state index contributed by atoms with van der Waals surface area (Å²) < 4.78 is 5.50. The van der Waals surface area contributed by atoms with Crippen molar-refractivity contribution in [2.24, 2.45) is 0 Å². The first-order valence-electron chi connectivity index (χ1n) is 11.4. The van der Waals surface area contributed by atoms with Crippen LogP contribution in [0.3, 0.4) is 0 Å². The molecule has 180 valence electrons. The monoisotopic (exact) mass is 482 g/mol. The van der Waals surface area contributed by atoms with Crippen molar-refractivity contribution in [3.05, 3.63) is 58.6 Å². The highest BCUT2D eigenvalue weighted by atomic mass is 35.5. The quantitative estimate of drug-likeness (QED) is 0.417. The van der Waals surface area contributed by atoms with Gasteiger partial charge in [-0.1, -0.05) is 63.6 Å². The predicted octanol–water partition coefficient (Wildman–Crippen LogP) is 5.51. The molecule has 3 aromatic rings. The fraction of sp³-hybridized carbons (Fsp3) is 0.385. The minimum atomic E-state index is -0.852. The van der Waals surface area contributed by atoms with Gasteiger partial charge in [0.25, 0.3) is 5.91 Å². The molecular formula is C26H31ClN4O3. The molecule has 1 heterocycles. The first kappa shape index (κ1) is 25.6. The standard InChI is InChI=1S/C26H31ClN4O3/c1-6-26(7-2,34-5)24(32)28-15-17-11-12-21(27)20(13-17)23-29-22(30-25(33)31-23)19-10-8-9-18(14-19)16(3)4/h8-14,16H,6-7,15H2,1-5H3,(H,28,32)(H,29,30,31,33). The normalized spacial score (nSPS) is 11.6.